The third kappa shape index (κ3) is 5.96. The first kappa shape index (κ1) is 22.7. The number of carboxylic acids is 1. The molecule has 1 aromatic carbocycles. The summed E-state index contributed by atoms with van der Waals surface area (Å²) in [5, 5.41) is 23.7. The summed E-state index contributed by atoms with van der Waals surface area (Å²) >= 11 is 0. The summed E-state index contributed by atoms with van der Waals surface area (Å²) in [6.45, 7) is 4.96. The third-order valence-corrected chi connectivity index (χ3v) is 4.98. The highest BCUT2D eigenvalue weighted by atomic mass is 35.5. The van der Waals surface area contributed by atoms with Crippen LogP contribution in [-0.4, -0.2) is 68.2 Å². The van der Waals surface area contributed by atoms with Gasteiger partial charge in [0.05, 0.1) is 18.0 Å². The topological polar surface area (TPSA) is 126 Å². The molecule has 10 nitrogen and oxygen atoms in total. The van der Waals surface area contributed by atoms with Gasteiger partial charge >= 0.3 is 5.97 Å². The number of hydrogen-bond acceptors (Lipinski definition) is 8. The molecular formula is C18H24ClN5O5. The summed E-state index contributed by atoms with van der Waals surface area (Å²) in [4.78, 5) is 29.8. The van der Waals surface area contributed by atoms with Gasteiger partial charge in [-0.3, -0.25) is 24.7 Å². The largest absolute Gasteiger partial charge is 0.480 e. The SMILES string of the molecule is CCN(CC(=O)O)C1CCN(Cc2nc(-c3ccc([N+](=O)[O-])cc3)no2)CC1.Cl. The standard InChI is InChI=1S/C18H23N5O5.ClH/c1-2-22(12-17(24)25)14-7-9-21(10-8-14)11-16-19-18(20-28-16)13-3-5-15(6-4-13)23(26)27;/h3-6,14H,2,7-12H2,1H3,(H,24,25);1H. The zero-order chi connectivity index (χ0) is 20.1. The van der Waals surface area contributed by atoms with Gasteiger partial charge in [-0.2, -0.15) is 4.98 Å². The van der Waals surface area contributed by atoms with E-state index in [4.69, 9.17) is 9.63 Å². The average molecular weight is 426 g/mol. The van der Waals surface area contributed by atoms with Crippen molar-refractivity contribution in [2.75, 3.05) is 26.2 Å². The predicted octanol–water partition coefficient (Wildman–Crippen LogP) is 2.44. The lowest BCUT2D eigenvalue weighted by atomic mass is 10.0. The van der Waals surface area contributed by atoms with Crippen molar-refractivity contribution in [1.82, 2.24) is 19.9 Å². The maximum atomic E-state index is 11.0. The minimum atomic E-state index is -0.797. The van der Waals surface area contributed by atoms with E-state index in [0.717, 1.165) is 32.5 Å². The van der Waals surface area contributed by atoms with Crippen molar-refractivity contribution in [3.8, 4) is 11.4 Å². The zero-order valence-corrected chi connectivity index (χ0v) is 16.9. The maximum Gasteiger partial charge on any atom is 0.317 e. The number of non-ortho nitro benzene ring substituents is 1. The predicted molar refractivity (Wildman–Crippen MR) is 107 cm³/mol. The highest BCUT2D eigenvalue weighted by Gasteiger charge is 2.26. The summed E-state index contributed by atoms with van der Waals surface area (Å²) in [6.07, 6.45) is 1.79. The van der Waals surface area contributed by atoms with Crippen LogP contribution in [-0.2, 0) is 11.3 Å². The Morgan fingerprint density at radius 3 is 2.55 bits per heavy atom. The molecule has 0 bridgehead atoms. The number of nitro groups is 1. The molecule has 1 saturated heterocycles. The van der Waals surface area contributed by atoms with Gasteiger partial charge in [0.15, 0.2) is 0 Å². The van der Waals surface area contributed by atoms with Crippen molar-refractivity contribution in [2.45, 2.75) is 32.4 Å². The fourth-order valence-corrected chi connectivity index (χ4v) is 3.48. The quantitative estimate of drug-likeness (QED) is 0.501. The van der Waals surface area contributed by atoms with Crippen LogP contribution in [0.2, 0.25) is 0 Å². The second-order valence-corrected chi connectivity index (χ2v) is 6.78. The third-order valence-electron chi connectivity index (χ3n) is 4.98. The number of likely N-dealkylation sites (tertiary alicyclic amines) is 1. The molecule has 0 saturated carbocycles. The van der Waals surface area contributed by atoms with Crippen molar-refractivity contribution in [2.24, 2.45) is 0 Å². The van der Waals surface area contributed by atoms with Crippen LogP contribution in [0.3, 0.4) is 0 Å². The fourth-order valence-electron chi connectivity index (χ4n) is 3.48. The number of nitro benzene ring substituents is 1. The minimum absolute atomic E-state index is 0. The fraction of sp³-hybridized carbons (Fsp3) is 0.500. The summed E-state index contributed by atoms with van der Waals surface area (Å²) < 4.78 is 5.32. The second kappa shape index (κ2) is 10.3. The van der Waals surface area contributed by atoms with Crippen LogP contribution < -0.4 is 0 Å². The minimum Gasteiger partial charge on any atom is -0.480 e. The number of aliphatic carboxylic acids is 1. The molecule has 2 heterocycles. The average Bonchev–Trinajstić information content (AvgIpc) is 3.15. The molecule has 29 heavy (non-hydrogen) atoms. The Bertz CT molecular complexity index is 820. The first-order valence-electron chi connectivity index (χ1n) is 9.22. The van der Waals surface area contributed by atoms with E-state index in [1.165, 1.54) is 12.1 Å². The van der Waals surface area contributed by atoms with Crippen LogP contribution in [0.15, 0.2) is 28.8 Å². The first-order chi connectivity index (χ1) is 13.5. The second-order valence-electron chi connectivity index (χ2n) is 6.78. The molecular weight excluding hydrogens is 402 g/mol. The molecule has 0 aliphatic carbocycles. The van der Waals surface area contributed by atoms with Gasteiger partial charge < -0.3 is 9.63 Å². The van der Waals surface area contributed by atoms with Gasteiger partial charge in [0.25, 0.3) is 5.69 Å². The molecule has 1 aliphatic rings. The lowest BCUT2D eigenvalue weighted by molar-refractivity contribution is -0.384. The van der Waals surface area contributed by atoms with Gasteiger partial charge in [-0.1, -0.05) is 12.1 Å². The Morgan fingerprint density at radius 1 is 1.34 bits per heavy atom. The Kier molecular flexibility index (Phi) is 8.06. The lowest BCUT2D eigenvalue weighted by Gasteiger charge is -2.36. The van der Waals surface area contributed by atoms with Crippen LogP contribution in [0.1, 0.15) is 25.7 Å². The molecule has 0 unspecified atom stereocenters. The van der Waals surface area contributed by atoms with E-state index >= 15 is 0 Å². The molecule has 2 aromatic rings. The number of nitrogens with zero attached hydrogens (tertiary/aromatic N) is 5. The zero-order valence-electron chi connectivity index (χ0n) is 16.1. The van der Waals surface area contributed by atoms with Crippen LogP contribution >= 0.6 is 12.4 Å². The number of carboxylic acid groups (broad SMARTS) is 1. The van der Waals surface area contributed by atoms with Gasteiger partial charge in [0.1, 0.15) is 0 Å². The number of halogens is 1. The molecule has 158 valence electrons. The number of rotatable bonds is 8. The summed E-state index contributed by atoms with van der Waals surface area (Å²) in [5.41, 5.74) is 0.672. The monoisotopic (exact) mass is 425 g/mol. The van der Waals surface area contributed by atoms with Crippen LogP contribution in [0.4, 0.5) is 5.69 Å². The molecule has 1 aliphatic heterocycles. The van der Waals surface area contributed by atoms with E-state index in [-0.39, 0.29) is 30.7 Å². The van der Waals surface area contributed by atoms with Crippen molar-refractivity contribution in [3.05, 3.63) is 40.3 Å². The number of aromatic nitrogens is 2. The molecule has 0 spiro atoms. The van der Waals surface area contributed by atoms with Gasteiger partial charge in [-0.15, -0.1) is 12.4 Å². The molecule has 0 radical (unpaired) electrons. The molecule has 0 atom stereocenters. The normalized spacial score (nSPS) is 15.2. The highest BCUT2D eigenvalue weighted by molar-refractivity contribution is 5.85. The van der Waals surface area contributed by atoms with E-state index in [0.29, 0.717) is 23.8 Å². The Balaban J connectivity index is 0.00000300. The lowest BCUT2D eigenvalue weighted by Crippen LogP contribution is -2.46. The van der Waals surface area contributed by atoms with Gasteiger partial charge in [0, 0.05) is 36.8 Å². The van der Waals surface area contributed by atoms with Crippen molar-refractivity contribution in [1.29, 1.82) is 0 Å². The smallest absolute Gasteiger partial charge is 0.317 e. The summed E-state index contributed by atoms with van der Waals surface area (Å²) in [5.74, 6) is 0.0944. The summed E-state index contributed by atoms with van der Waals surface area (Å²) in [7, 11) is 0. The Morgan fingerprint density at radius 2 is 2.00 bits per heavy atom. The van der Waals surface area contributed by atoms with E-state index in [9.17, 15) is 14.9 Å². The molecule has 3 rings (SSSR count). The molecule has 1 N–H and O–H groups in total. The van der Waals surface area contributed by atoms with Crippen LogP contribution in [0.5, 0.6) is 0 Å². The number of carbonyl (C=O) groups is 1. The van der Waals surface area contributed by atoms with E-state index in [1.807, 2.05) is 11.8 Å². The van der Waals surface area contributed by atoms with Crippen LogP contribution in [0.25, 0.3) is 11.4 Å². The van der Waals surface area contributed by atoms with Crippen molar-refractivity contribution >= 4 is 24.1 Å². The molecule has 11 heteroatoms. The number of benzene rings is 1. The number of hydrogen-bond donors (Lipinski definition) is 1. The van der Waals surface area contributed by atoms with Gasteiger partial charge in [0.2, 0.25) is 11.7 Å². The highest BCUT2D eigenvalue weighted by Crippen LogP contribution is 2.22. The Labute approximate surface area is 174 Å². The maximum absolute atomic E-state index is 11.0. The summed E-state index contributed by atoms with van der Waals surface area (Å²) in [6, 6.07) is 6.29. The number of piperidine rings is 1. The first-order valence-corrected chi connectivity index (χ1v) is 9.22. The molecule has 0 amide bonds. The van der Waals surface area contributed by atoms with E-state index in [2.05, 4.69) is 15.0 Å². The molecule has 1 fully saturated rings. The van der Waals surface area contributed by atoms with Crippen LogP contribution in [0, 0.1) is 10.1 Å². The number of likely N-dealkylation sites (N-methyl/N-ethyl adjacent to an activating group) is 1. The van der Waals surface area contributed by atoms with E-state index < -0.39 is 10.9 Å². The molecule has 1 aromatic heterocycles. The van der Waals surface area contributed by atoms with E-state index in [1.54, 1.807) is 12.1 Å². The van der Waals surface area contributed by atoms with Gasteiger partial charge in [-0.25, -0.2) is 0 Å². The Hall–Kier alpha value is -2.56. The van der Waals surface area contributed by atoms with Crippen molar-refractivity contribution in [3.63, 3.8) is 0 Å². The van der Waals surface area contributed by atoms with Gasteiger partial charge in [-0.05, 0) is 31.5 Å². The van der Waals surface area contributed by atoms with Crippen molar-refractivity contribution < 1.29 is 19.3 Å².